The second kappa shape index (κ2) is 7.27. The fourth-order valence-corrected chi connectivity index (χ4v) is 3.87. The number of aliphatic carboxylic acids is 1. The molecule has 26 heavy (non-hydrogen) atoms. The number of hydrogen-bond donors (Lipinski definition) is 1. The maximum absolute atomic E-state index is 12.9. The monoisotopic (exact) mass is 378 g/mol. The van der Waals surface area contributed by atoms with E-state index in [4.69, 9.17) is 16.7 Å². The number of halogens is 1. The number of carboxylic acids is 1. The standard InChI is InChI=1S/C19H23ClN2O4/c1-21(12-16(23)22-9-3-4-13(11-22)17(24)25)18(26)19(7-8-19)14-5-2-6-15(20)10-14/h2,5-6,10,13H,3-4,7-9,11-12H2,1H3,(H,24,25). The number of likely N-dealkylation sites (N-methyl/N-ethyl adjacent to an activating group) is 1. The molecule has 7 heteroatoms. The van der Waals surface area contributed by atoms with E-state index in [9.17, 15) is 14.4 Å². The first kappa shape index (κ1) is 18.7. The Balaban J connectivity index is 1.64. The van der Waals surface area contributed by atoms with Crippen LogP contribution in [-0.4, -0.2) is 59.4 Å². The molecule has 1 unspecified atom stereocenters. The molecule has 1 saturated heterocycles. The highest BCUT2D eigenvalue weighted by Gasteiger charge is 2.52. The van der Waals surface area contributed by atoms with E-state index < -0.39 is 17.3 Å². The van der Waals surface area contributed by atoms with Crippen LogP contribution in [0.4, 0.5) is 0 Å². The van der Waals surface area contributed by atoms with Gasteiger partial charge in [0.15, 0.2) is 0 Å². The Hall–Kier alpha value is -2.08. The summed E-state index contributed by atoms with van der Waals surface area (Å²) in [5.74, 6) is -1.67. The third kappa shape index (κ3) is 3.70. The van der Waals surface area contributed by atoms with E-state index in [1.165, 1.54) is 4.90 Å². The summed E-state index contributed by atoms with van der Waals surface area (Å²) in [6.07, 6.45) is 2.75. The van der Waals surface area contributed by atoms with Gasteiger partial charge in [0.25, 0.3) is 0 Å². The second-order valence-corrected chi connectivity index (χ2v) is 7.71. The first-order valence-corrected chi connectivity index (χ1v) is 9.23. The van der Waals surface area contributed by atoms with Gasteiger partial charge in [-0.15, -0.1) is 0 Å². The number of nitrogens with zero attached hydrogens (tertiary/aromatic N) is 2. The zero-order chi connectivity index (χ0) is 18.9. The molecule has 0 bridgehead atoms. The molecule has 1 aliphatic carbocycles. The lowest BCUT2D eigenvalue weighted by Gasteiger charge is -2.32. The Morgan fingerprint density at radius 3 is 2.69 bits per heavy atom. The summed E-state index contributed by atoms with van der Waals surface area (Å²) in [6.45, 7) is 0.729. The van der Waals surface area contributed by atoms with Crippen molar-refractivity contribution in [1.29, 1.82) is 0 Å². The number of carboxylic acid groups (broad SMARTS) is 1. The number of likely N-dealkylation sites (tertiary alicyclic amines) is 1. The molecule has 1 heterocycles. The van der Waals surface area contributed by atoms with Crippen LogP contribution in [0.5, 0.6) is 0 Å². The van der Waals surface area contributed by atoms with Gasteiger partial charge in [0.1, 0.15) is 0 Å². The van der Waals surface area contributed by atoms with Crippen molar-refractivity contribution in [2.24, 2.45) is 5.92 Å². The molecular weight excluding hydrogens is 356 g/mol. The van der Waals surface area contributed by atoms with Crippen molar-refractivity contribution in [2.75, 3.05) is 26.7 Å². The maximum atomic E-state index is 12.9. The van der Waals surface area contributed by atoms with Gasteiger partial charge in [-0.2, -0.15) is 0 Å². The quantitative estimate of drug-likeness (QED) is 0.851. The smallest absolute Gasteiger partial charge is 0.308 e. The minimum atomic E-state index is -0.871. The average molecular weight is 379 g/mol. The molecule has 2 amide bonds. The predicted octanol–water partition coefficient (Wildman–Crippen LogP) is 2.15. The van der Waals surface area contributed by atoms with Crippen molar-refractivity contribution in [2.45, 2.75) is 31.1 Å². The lowest BCUT2D eigenvalue weighted by Crippen LogP contribution is -2.48. The Morgan fingerprint density at radius 2 is 2.08 bits per heavy atom. The minimum Gasteiger partial charge on any atom is -0.481 e. The van der Waals surface area contributed by atoms with Crippen LogP contribution >= 0.6 is 11.6 Å². The summed E-state index contributed by atoms with van der Waals surface area (Å²) in [5.41, 5.74) is 0.309. The minimum absolute atomic E-state index is 0.0342. The molecule has 0 spiro atoms. The zero-order valence-corrected chi connectivity index (χ0v) is 15.5. The van der Waals surface area contributed by atoms with Gasteiger partial charge in [-0.1, -0.05) is 23.7 Å². The van der Waals surface area contributed by atoms with Crippen LogP contribution in [0.2, 0.25) is 5.02 Å². The maximum Gasteiger partial charge on any atom is 0.308 e. The third-order valence-electron chi connectivity index (χ3n) is 5.38. The Morgan fingerprint density at radius 1 is 1.35 bits per heavy atom. The molecule has 1 aromatic carbocycles. The lowest BCUT2D eigenvalue weighted by molar-refractivity contribution is -0.147. The van der Waals surface area contributed by atoms with E-state index in [0.29, 0.717) is 24.4 Å². The summed E-state index contributed by atoms with van der Waals surface area (Å²) in [4.78, 5) is 39.7. The van der Waals surface area contributed by atoms with E-state index in [1.54, 1.807) is 18.0 Å². The predicted molar refractivity (Wildman–Crippen MR) is 96.9 cm³/mol. The number of hydrogen-bond acceptors (Lipinski definition) is 3. The highest BCUT2D eigenvalue weighted by atomic mass is 35.5. The molecule has 3 rings (SSSR count). The van der Waals surface area contributed by atoms with E-state index in [0.717, 1.165) is 18.4 Å². The van der Waals surface area contributed by atoms with Gasteiger partial charge >= 0.3 is 5.97 Å². The topological polar surface area (TPSA) is 77.9 Å². The molecule has 1 aliphatic heterocycles. The van der Waals surface area contributed by atoms with Gasteiger partial charge in [-0.05, 0) is 43.4 Å². The molecule has 6 nitrogen and oxygen atoms in total. The van der Waals surface area contributed by atoms with Gasteiger partial charge in [-0.25, -0.2) is 0 Å². The molecule has 140 valence electrons. The van der Waals surface area contributed by atoms with E-state index in [2.05, 4.69) is 0 Å². The Kier molecular flexibility index (Phi) is 5.23. The first-order valence-electron chi connectivity index (χ1n) is 8.86. The number of rotatable bonds is 5. The van der Waals surface area contributed by atoms with Crippen LogP contribution in [0.1, 0.15) is 31.2 Å². The summed E-state index contributed by atoms with van der Waals surface area (Å²) < 4.78 is 0. The molecule has 1 N–H and O–H groups in total. The summed E-state index contributed by atoms with van der Waals surface area (Å²) in [5, 5.41) is 9.75. The third-order valence-corrected chi connectivity index (χ3v) is 5.61. The Labute approximate surface area is 157 Å². The van der Waals surface area contributed by atoms with Crippen molar-refractivity contribution >= 4 is 29.4 Å². The molecule has 2 fully saturated rings. The fourth-order valence-electron chi connectivity index (χ4n) is 3.68. The molecule has 1 saturated carbocycles. The van der Waals surface area contributed by atoms with Crippen LogP contribution in [0, 0.1) is 5.92 Å². The van der Waals surface area contributed by atoms with Crippen molar-refractivity contribution in [1.82, 2.24) is 9.80 Å². The lowest BCUT2D eigenvalue weighted by atomic mass is 9.94. The summed E-state index contributed by atoms with van der Waals surface area (Å²) in [7, 11) is 1.63. The molecule has 1 atom stereocenters. The Bertz CT molecular complexity index is 732. The van der Waals surface area contributed by atoms with E-state index in [-0.39, 0.29) is 24.9 Å². The van der Waals surface area contributed by atoms with Crippen LogP contribution < -0.4 is 0 Å². The number of benzene rings is 1. The van der Waals surface area contributed by atoms with Crippen molar-refractivity contribution in [3.63, 3.8) is 0 Å². The van der Waals surface area contributed by atoms with Crippen LogP contribution in [0.25, 0.3) is 0 Å². The molecular formula is C19H23ClN2O4. The SMILES string of the molecule is CN(CC(=O)N1CCCC(C(=O)O)C1)C(=O)C1(c2cccc(Cl)c2)CC1. The van der Waals surface area contributed by atoms with Crippen molar-refractivity contribution in [3.8, 4) is 0 Å². The average Bonchev–Trinajstić information content (AvgIpc) is 3.43. The molecule has 1 aromatic rings. The number of amides is 2. The number of carbonyl (C=O) groups is 3. The van der Waals surface area contributed by atoms with Crippen LogP contribution in [0.15, 0.2) is 24.3 Å². The molecule has 0 radical (unpaired) electrons. The van der Waals surface area contributed by atoms with Crippen LogP contribution in [-0.2, 0) is 19.8 Å². The van der Waals surface area contributed by atoms with Crippen molar-refractivity contribution in [3.05, 3.63) is 34.9 Å². The van der Waals surface area contributed by atoms with Crippen LogP contribution in [0.3, 0.4) is 0 Å². The molecule has 2 aliphatic rings. The van der Waals surface area contributed by atoms with Gasteiger partial charge in [-0.3, -0.25) is 14.4 Å². The largest absolute Gasteiger partial charge is 0.481 e. The summed E-state index contributed by atoms with van der Waals surface area (Å²) in [6, 6.07) is 7.31. The normalized spacial score (nSPS) is 21.2. The van der Waals surface area contributed by atoms with Gasteiger partial charge in [0.2, 0.25) is 11.8 Å². The fraction of sp³-hybridized carbons (Fsp3) is 0.526. The summed E-state index contributed by atoms with van der Waals surface area (Å²) >= 11 is 6.05. The first-order chi connectivity index (χ1) is 12.3. The van der Waals surface area contributed by atoms with Gasteiger partial charge in [0, 0.05) is 25.2 Å². The zero-order valence-electron chi connectivity index (χ0n) is 14.8. The van der Waals surface area contributed by atoms with Gasteiger partial charge < -0.3 is 14.9 Å². The number of piperidine rings is 1. The number of carbonyl (C=O) groups excluding carboxylic acids is 2. The highest BCUT2D eigenvalue weighted by molar-refractivity contribution is 6.30. The second-order valence-electron chi connectivity index (χ2n) is 7.27. The van der Waals surface area contributed by atoms with Gasteiger partial charge in [0.05, 0.1) is 17.9 Å². The van der Waals surface area contributed by atoms with E-state index >= 15 is 0 Å². The highest BCUT2D eigenvalue weighted by Crippen LogP contribution is 2.49. The van der Waals surface area contributed by atoms with Crippen molar-refractivity contribution < 1.29 is 19.5 Å². The molecule has 0 aromatic heterocycles. The van der Waals surface area contributed by atoms with E-state index in [1.807, 2.05) is 18.2 Å².